The fourth-order valence-corrected chi connectivity index (χ4v) is 4.78. The molecular weight excluding hydrogens is 384 g/mol. The van der Waals surface area contributed by atoms with Crippen LogP contribution in [0.25, 0.3) is 10.2 Å². The van der Waals surface area contributed by atoms with Crippen LogP contribution in [0, 0.1) is 13.8 Å². The Bertz CT molecular complexity index is 1020. The molecule has 2 aromatic carbocycles. The van der Waals surface area contributed by atoms with Gasteiger partial charge in [-0.1, -0.05) is 41.2 Å². The Kier molecular flexibility index (Phi) is 5.83. The number of aromatic nitrogens is 1. The van der Waals surface area contributed by atoms with Crippen molar-refractivity contribution < 1.29 is 14.3 Å². The minimum Gasteiger partial charge on any atom is -0.494 e. The normalized spacial score (nSPS) is 16.3. The lowest BCUT2D eigenvalue weighted by Gasteiger charge is -2.23. The summed E-state index contributed by atoms with van der Waals surface area (Å²) < 4.78 is 12.3. The van der Waals surface area contributed by atoms with Crippen LogP contribution < -0.4 is 9.64 Å². The lowest BCUT2D eigenvalue weighted by Crippen LogP contribution is -2.38. The summed E-state index contributed by atoms with van der Waals surface area (Å²) in [7, 11) is 1.64. The second kappa shape index (κ2) is 8.51. The van der Waals surface area contributed by atoms with Gasteiger partial charge in [0.05, 0.1) is 30.9 Å². The fraction of sp³-hybridized carbons (Fsp3) is 0.391. The summed E-state index contributed by atoms with van der Waals surface area (Å²) in [6.45, 7) is 5.42. The summed E-state index contributed by atoms with van der Waals surface area (Å²) >= 11 is 1.52. The van der Waals surface area contributed by atoms with Crippen molar-refractivity contribution in [3.63, 3.8) is 0 Å². The van der Waals surface area contributed by atoms with Crippen molar-refractivity contribution in [1.82, 2.24) is 4.98 Å². The number of para-hydroxylation sites is 1. The van der Waals surface area contributed by atoms with E-state index in [1.807, 2.05) is 24.3 Å². The van der Waals surface area contributed by atoms with Gasteiger partial charge in [0.2, 0.25) is 5.91 Å². The number of aryl methyl sites for hydroxylation is 2. The van der Waals surface area contributed by atoms with E-state index in [1.54, 1.807) is 12.0 Å². The van der Waals surface area contributed by atoms with E-state index in [2.05, 4.69) is 26.0 Å². The summed E-state index contributed by atoms with van der Waals surface area (Å²) in [6.07, 6.45) is 2.43. The van der Waals surface area contributed by atoms with E-state index in [-0.39, 0.29) is 12.0 Å². The number of rotatable bonds is 6. The Morgan fingerprint density at radius 2 is 2.17 bits per heavy atom. The molecule has 0 aliphatic carbocycles. The highest BCUT2D eigenvalue weighted by molar-refractivity contribution is 7.22. The van der Waals surface area contributed by atoms with Crippen molar-refractivity contribution >= 4 is 32.6 Å². The van der Waals surface area contributed by atoms with Crippen LogP contribution in [0.3, 0.4) is 0 Å². The molecule has 4 rings (SSSR count). The molecule has 5 nitrogen and oxygen atoms in total. The van der Waals surface area contributed by atoms with Crippen LogP contribution in [-0.2, 0) is 16.0 Å². The van der Waals surface area contributed by atoms with E-state index in [1.165, 1.54) is 16.9 Å². The molecule has 152 valence electrons. The lowest BCUT2D eigenvalue weighted by molar-refractivity contribution is -0.118. The molecule has 29 heavy (non-hydrogen) atoms. The average Bonchev–Trinajstić information content (AvgIpc) is 3.37. The van der Waals surface area contributed by atoms with E-state index in [0.29, 0.717) is 18.1 Å². The van der Waals surface area contributed by atoms with Crippen LogP contribution in [0.1, 0.15) is 29.5 Å². The summed E-state index contributed by atoms with van der Waals surface area (Å²) in [5, 5.41) is 0.703. The van der Waals surface area contributed by atoms with Gasteiger partial charge in [-0.15, -0.1) is 0 Å². The molecule has 1 aromatic heterocycles. The van der Waals surface area contributed by atoms with Crippen molar-refractivity contribution in [2.75, 3.05) is 25.2 Å². The number of amides is 1. The minimum absolute atomic E-state index is 0.0467. The first-order chi connectivity index (χ1) is 14.0. The zero-order valence-corrected chi connectivity index (χ0v) is 17.9. The van der Waals surface area contributed by atoms with Gasteiger partial charge in [0.1, 0.15) is 11.3 Å². The van der Waals surface area contributed by atoms with Crippen LogP contribution in [0.5, 0.6) is 5.75 Å². The molecule has 1 saturated heterocycles. The maximum atomic E-state index is 13.4. The van der Waals surface area contributed by atoms with Crippen molar-refractivity contribution in [3.8, 4) is 5.75 Å². The maximum absolute atomic E-state index is 13.4. The van der Waals surface area contributed by atoms with Gasteiger partial charge in [-0.25, -0.2) is 4.98 Å². The third-order valence-electron chi connectivity index (χ3n) is 5.37. The van der Waals surface area contributed by atoms with Crippen LogP contribution in [0.4, 0.5) is 5.13 Å². The number of methoxy groups -OCH3 is 1. The van der Waals surface area contributed by atoms with E-state index in [4.69, 9.17) is 14.5 Å². The molecule has 6 heteroatoms. The molecular formula is C23H26N2O3S. The van der Waals surface area contributed by atoms with Gasteiger partial charge < -0.3 is 9.47 Å². The molecule has 1 aliphatic rings. The monoisotopic (exact) mass is 410 g/mol. The number of carbonyl (C=O) groups excluding carboxylic acids is 1. The standard InChI is InChI=1S/C23H26N2O3S/c1-15-9-10-17(16(2)12-15)13-21(26)25(14-18-6-5-11-28-18)23-24-22-19(27-3)7-4-8-20(22)29-23/h4,7-10,12,18H,5-6,11,13-14H2,1-3H3. The topological polar surface area (TPSA) is 51.7 Å². The van der Waals surface area contributed by atoms with Crippen LogP contribution >= 0.6 is 11.3 Å². The van der Waals surface area contributed by atoms with Gasteiger partial charge in [-0.3, -0.25) is 9.69 Å². The number of thiazole rings is 1. The molecule has 1 atom stereocenters. The molecule has 3 aromatic rings. The maximum Gasteiger partial charge on any atom is 0.233 e. The number of fused-ring (bicyclic) bond motifs is 1. The van der Waals surface area contributed by atoms with Gasteiger partial charge in [-0.05, 0) is 49.9 Å². The zero-order chi connectivity index (χ0) is 20.4. The highest BCUT2D eigenvalue weighted by Gasteiger charge is 2.27. The second-order valence-corrected chi connectivity index (χ2v) is 8.56. The van der Waals surface area contributed by atoms with Crippen molar-refractivity contribution in [2.24, 2.45) is 0 Å². The van der Waals surface area contributed by atoms with E-state index in [0.717, 1.165) is 46.5 Å². The zero-order valence-electron chi connectivity index (χ0n) is 17.1. The number of carbonyl (C=O) groups is 1. The first kappa shape index (κ1) is 19.9. The third kappa shape index (κ3) is 4.28. The fourth-order valence-electron chi connectivity index (χ4n) is 3.77. The summed E-state index contributed by atoms with van der Waals surface area (Å²) in [5.41, 5.74) is 4.19. The molecule has 1 amide bonds. The molecule has 0 spiro atoms. The molecule has 2 heterocycles. The number of anilines is 1. The first-order valence-corrected chi connectivity index (χ1v) is 10.8. The highest BCUT2D eigenvalue weighted by Crippen LogP contribution is 2.35. The summed E-state index contributed by atoms with van der Waals surface area (Å²) in [4.78, 5) is 19.9. The molecule has 0 bridgehead atoms. The predicted octanol–water partition coefficient (Wildman–Crippen LogP) is 4.68. The predicted molar refractivity (Wildman–Crippen MR) is 117 cm³/mol. The molecule has 1 unspecified atom stereocenters. The molecule has 1 fully saturated rings. The van der Waals surface area contributed by atoms with Gasteiger partial charge in [0.25, 0.3) is 0 Å². The average molecular weight is 411 g/mol. The van der Waals surface area contributed by atoms with Gasteiger partial charge in [0.15, 0.2) is 5.13 Å². The Labute approximate surface area is 175 Å². The number of hydrogen-bond acceptors (Lipinski definition) is 5. The Balaban J connectivity index is 1.66. The van der Waals surface area contributed by atoms with Crippen LogP contribution in [-0.4, -0.2) is 37.3 Å². The van der Waals surface area contributed by atoms with E-state index < -0.39 is 0 Å². The molecule has 0 N–H and O–H groups in total. The summed E-state index contributed by atoms with van der Waals surface area (Å²) in [6, 6.07) is 12.1. The SMILES string of the molecule is COc1cccc2sc(N(CC3CCCO3)C(=O)Cc3ccc(C)cc3C)nc12. The minimum atomic E-state index is 0.0467. The molecule has 0 saturated carbocycles. The highest BCUT2D eigenvalue weighted by atomic mass is 32.1. The molecule has 0 radical (unpaired) electrons. The van der Waals surface area contributed by atoms with Crippen molar-refractivity contribution in [3.05, 3.63) is 53.1 Å². The van der Waals surface area contributed by atoms with Gasteiger partial charge in [-0.2, -0.15) is 0 Å². The van der Waals surface area contributed by atoms with E-state index >= 15 is 0 Å². The van der Waals surface area contributed by atoms with Gasteiger partial charge in [0, 0.05) is 6.61 Å². The summed E-state index contributed by atoms with van der Waals surface area (Å²) in [5.74, 6) is 0.773. The van der Waals surface area contributed by atoms with Crippen LogP contribution in [0.2, 0.25) is 0 Å². The number of hydrogen-bond donors (Lipinski definition) is 0. The Morgan fingerprint density at radius 3 is 2.90 bits per heavy atom. The quantitative estimate of drug-likeness (QED) is 0.592. The number of nitrogens with zero attached hydrogens (tertiary/aromatic N) is 2. The van der Waals surface area contributed by atoms with Crippen molar-refractivity contribution in [1.29, 1.82) is 0 Å². The lowest BCUT2D eigenvalue weighted by atomic mass is 10.0. The second-order valence-electron chi connectivity index (χ2n) is 7.55. The third-order valence-corrected chi connectivity index (χ3v) is 6.42. The van der Waals surface area contributed by atoms with Crippen LogP contribution in [0.15, 0.2) is 36.4 Å². The number of ether oxygens (including phenoxy) is 2. The van der Waals surface area contributed by atoms with E-state index in [9.17, 15) is 4.79 Å². The van der Waals surface area contributed by atoms with Gasteiger partial charge >= 0.3 is 0 Å². The number of benzene rings is 2. The Morgan fingerprint density at radius 1 is 1.31 bits per heavy atom. The first-order valence-electron chi connectivity index (χ1n) is 9.97. The largest absolute Gasteiger partial charge is 0.494 e. The van der Waals surface area contributed by atoms with Crippen molar-refractivity contribution in [2.45, 2.75) is 39.2 Å². The Hall–Kier alpha value is -2.44. The smallest absolute Gasteiger partial charge is 0.233 e. The molecule has 1 aliphatic heterocycles.